The molecule has 4 nitrogen and oxygen atoms in total. The van der Waals surface area contributed by atoms with Crippen LogP contribution in [0.1, 0.15) is 24.0 Å². The molecule has 1 saturated heterocycles. The van der Waals surface area contributed by atoms with E-state index in [1.54, 1.807) is 0 Å². The Morgan fingerprint density at radius 2 is 2.14 bits per heavy atom. The van der Waals surface area contributed by atoms with Crippen LogP contribution in [0.5, 0.6) is 0 Å². The number of carbonyl (C=O) groups excluding carboxylic acids is 1. The topological polar surface area (TPSA) is 44.4 Å². The quantitative estimate of drug-likeness (QED) is 0.874. The van der Waals surface area contributed by atoms with Crippen LogP contribution < -0.4 is 10.6 Å². The summed E-state index contributed by atoms with van der Waals surface area (Å²) >= 11 is 0. The lowest BCUT2D eigenvalue weighted by atomic mass is 9.98. The number of amides is 1. The number of nitrogens with one attached hydrogen (secondary N) is 2. The Morgan fingerprint density at radius 3 is 2.86 bits per heavy atom. The molecule has 2 N–H and O–H groups in total. The van der Waals surface area contributed by atoms with Crippen molar-refractivity contribution < 1.29 is 4.79 Å². The highest BCUT2D eigenvalue weighted by Crippen LogP contribution is 2.18. The number of anilines is 1. The predicted octanol–water partition coefficient (Wildman–Crippen LogP) is 2.60. The van der Waals surface area contributed by atoms with E-state index in [4.69, 9.17) is 0 Å². The first-order chi connectivity index (χ1) is 10.1. The molecule has 0 radical (unpaired) electrons. The van der Waals surface area contributed by atoms with Crippen molar-refractivity contribution in [3.8, 4) is 0 Å². The van der Waals surface area contributed by atoms with Gasteiger partial charge < -0.3 is 10.6 Å². The lowest BCUT2D eigenvalue weighted by molar-refractivity contribution is -0.117. The number of rotatable bonds is 5. The SMILES string of the molecule is CNCC1CCCN(CC(=O)Nc2cc(C)ccc2C)C1.Cl. The van der Waals surface area contributed by atoms with Crippen molar-refractivity contribution >= 4 is 24.0 Å². The molecule has 0 bridgehead atoms. The second-order valence-electron chi connectivity index (χ2n) is 6.17. The summed E-state index contributed by atoms with van der Waals surface area (Å²) in [6.07, 6.45) is 2.44. The number of carbonyl (C=O) groups is 1. The number of benzene rings is 1. The molecule has 1 unspecified atom stereocenters. The van der Waals surface area contributed by atoms with Gasteiger partial charge in [-0.25, -0.2) is 0 Å². The van der Waals surface area contributed by atoms with Crippen LogP contribution in [-0.2, 0) is 4.79 Å². The van der Waals surface area contributed by atoms with E-state index in [0.717, 1.165) is 30.9 Å². The molecule has 0 aliphatic carbocycles. The molecule has 1 aromatic rings. The number of hydrogen-bond acceptors (Lipinski definition) is 3. The molecule has 5 heteroatoms. The molecule has 1 aromatic carbocycles. The Morgan fingerprint density at radius 1 is 1.36 bits per heavy atom. The average Bonchev–Trinajstić information content (AvgIpc) is 2.43. The van der Waals surface area contributed by atoms with E-state index >= 15 is 0 Å². The highest BCUT2D eigenvalue weighted by molar-refractivity contribution is 5.93. The largest absolute Gasteiger partial charge is 0.325 e. The summed E-state index contributed by atoms with van der Waals surface area (Å²) in [7, 11) is 1.99. The monoisotopic (exact) mass is 325 g/mol. The summed E-state index contributed by atoms with van der Waals surface area (Å²) in [5, 5.41) is 6.29. The van der Waals surface area contributed by atoms with E-state index in [1.807, 2.05) is 27.0 Å². The Labute approximate surface area is 140 Å². The summed E-state index contributed by atoms with van der Waals surface area (Å²) in [4.78, 5) is 14.5. The number of piperidine rings is 1. The first-order valence-corrected chi connectivity index (χ1v) is 7.82. The second kappa shape index (κ2) is 9.13. The van der Waals surface area contributed by atoms with Gasteiger partial charge in [-0.15, -0.1) is 12.4 Å². The number of halogens is 1. The smallest absolute Gasteiger partial charge is 0.238 e. The van der Waals surface area contributed by atoms with Crippen molar-refractivity contribution in [2.24, 2.45) is 5.92 Å². The van der Waals surface area contributed by atoms with Crippen molar-refractivity contribution in [3.63, 3.8) is 0 Å². The molecular weight excluding hydrogens is 298 g/mol. The third kappa shape index (κ3) is 5.59. The summed E-state index contributed by atoms with van der Waals surface area (Å²) in [6.45, 7) is 7.64. The fourth-order valence-corrected chi connectivity index (χ4v) is 3.01. The molecule has 1 atom stereocenters. The predicted molar refractivity (Wildman–Crippen MR) is 94.9 cm³/mol. The summed E-state index contributed by atoms with van der Waals surface area (Å²) < 4.78 is 0. The third-order valence-corrected chi connectivity index (χ3v) is 4.13. The molecule has 124 valence electrons. The van der Waals surface area contributed by atoms with Crippen molar-refractivity contribution in [2.75, 3.05) is 38.5 Å². The normalized spacial score (nSPS) is 18.6. The Balaban J connectivity index is 0.00000242. The van der Waals surface area contributed by atoms with Gasteiger partial charge in [-0.1, -0.05) is 12.1 Å². The number of aryl methyl sites for hydroxylation is 2. The van der Waals surface area contributed by atoms with Crippen LogP contribution in [0.3, 0.4) is 0 Å². The molecule has 1 amide bonds. The van der Waals surface area contributed by atoms with Gasteiger partial charge in [0.05, 0.1) is 6.54 Å². The summed E-state index contributed by atoms with van der Waals surface area (Å²) in [5.74, 6) is 0.756. The van der Waals surface area contributed by atoms with Gasteiger partial charge in [0.25, 0.3) is 0 Å². The second-order valence-corrected chi connectivity index (χ2v) is 6.17. The number of nitrogens with zero attached hydrogens (tertiary/aromatic N) is 1. The third-order valence-electron chi connectivity index (χ3n) is 4.13. The molecule has 0 spiro atoms. The van der Waals surface area contributed by atoms with Crippen molar-refractivity contribution in [1.82, 2.24) is 10.2 Å². The van der Waals surface area contributed by atoms with Crippen LogP contribution in [0, 0.1) is 19.8 Å². The zero-order chi connectivity index (χ0) is 15.2. The van der Waals surface area contributed by atoms with Gasteiger partial charge in [0.1, 0.15) is 0 Å². The van der Waals surface area contributed by atoms with Gasteiger partial charge in [0.15, 0.2) is 0 Å². The summed E-state index contributed by atoms with van der Waals surface area (Å²) in [5.41, 5.74) is 3.22. The van der Waals surface area contributed by atoms with Crippen LogP contribution in [0.25, 0.3) is 0 Å². The zero-order valence-corrected chi connectivity index (χ0v) is 14.6. The highest BCUT2D eigenvalue weighted by Gasteiger charge is 2.21. The Bertz CT molecular complexity index is 491. The van der Waals surface area contributed by atoms with E-state index in [9.17, 15) is 4.79 Å². The Hall–Kier alpha value is -1.10. The van der Waals surface area contributed by atoms with Gasteiger partial charge >= 0.3 is 0 Å². The van der Waals surface area contributed by atoms with Crippen LogP contribution in [-0.4, -0.2) is 44.0 Å². The fourth-order valence-electron chi connectivity index (χ4n) is 3.01. The van der Waals surface area contributed by atoms with E-state index in [2.05, 4.69) is 27.7 Å². The lowest BCUT2D eigenvalue weighted by Gasteiger charge is -2.32. The van der Waals surface area contributed by atoms with Gasteiger partial charge in [-0.05, 0) is 69.9 Å². The number of likely N-dealkylation sites (tertiary alicyclic amines) is 1. The average molecular weight is 326 g/mol. The molecule has 22 heavy (non-hydrogen) atoms. The molecule has 1 aliphatic heterocycles. The standard InChI is InChI=1S/C17H27N3O.ClH/c1-13-6-7-14(2)16(9-13)19-17(21)12-20-8-4-5-15(11-20)10-18-3;/h6-7,9,15,18H,4-5,8,10-12H2,1-3H3,(H,19,21);1H. The maximum Gasteiger partial charge on any atom is 0.238 e. The van der Waals surface area contributed by atoms with Crippen molar-refractivity contribution in [2.45, 2.75) is 26.7 Å². The Kier molecular flexibility index (Phi) is 7.87. The lowest BCUT2D eigenvalue weighted by Crippen LogP contribution is -2.42. The van der Waals surface area contributed by atoms with E-state index in [-0.39, 0.29) is 18.3 Å². The fraction of sp³-hybridized carbons (Fsp3) is 0.588. The molecule has 1 heterocycles. The number of hydrogen-bond donors (Lipinski definition) is 2. The van der Waals surface area contributed by atoms with Gasteiger partial charge in [-0.3, -0.25) is 9.69 Å². The van der Waals surface area contributed by atoms with Crippen LogP contribution in [0.15, 0.2) is 18.2 Å². The highest BCUT2D eigenvalue weighted by atomic mass is 35.5. The van der Waals surface area contributed by atoms with Crippen LogP contribution in [0.2, 0.25) is 0 Å². The minimum atomic E-state index is 0. The minimum Gasteiger partial charge on any atom is -0.325 e. The first kappa shape index (κ1) is 18.9. The molecular formula is C17H28ClN3O. The van der Waals surface area contributed by atoms with Gasteiger partial charge in [0.2, 0.25) is 5.91 Å². The maximum atomic E-state index is 12.2. The molecule has 1 fully saturated rings. The summed E-state index contributed by atoms with van der Waals surface area (Å²) in [6, 6.07) is 6.15. The minimum absolute atomic E-state index is 0. The van der Waals surface area contributed by atoms with E-state index in [0.29, 0.717) is 12.5 Å². The molecule has 2 rings (SSSR count). The molecule has 0 aromatic heterocycles. The van der Waals surface area contributed by atoms with Crippen LogP contribution in [0.4, 0.5) is 5.69 Å². The zero-order valence-electron chi connectivity index (χ0n) is 13.8. The molecule has 0 saturated carbocycles. The molecule has 1 aliphatic rings. The van der Waals surface area contributed by atoms with E-state index in [1.165, 1.54) is 18.4 Å². The van der Waals surface area contributed by atoms with Crippen molar-refractivity contribution in [1.29, 1.82) is 0 Å². The van der Waals surface area contributed by atoms with Gasteiger partial charge in [-0.2, -0.15) is 0 Å². The first-order valence-electron chi connectivity index (χ1n) is 7.82. The van der Waals surface area contributed by atoms with Crippen molar-refractivity contribution in [3.05, 3.63) is 29.3 Å². The van der Waals surface area contributed by atoms with Gasteiger partial charge in [0, 0.05) is 12.2 Å². The van der Waals surface area contributed by atoms with E-state index < -0.39 is 0 Å². The maximum absolute atomic E-state index is 12.2. The van der Waals surface area contributed by atoms with Crippen LogP contribution >= 0.6 is 12.4 Å².